The Morgan fingerprint density at radius 3 is 0.959 bits per heavy atom. The van der Waals surface area contributed by atoms with E-state index < -0.39 is 13.2 Å². The van der Waals surface area contributed by atoms with Crippen LogP contribution < -0.4 is 0 Å². The quantitative estimate of drug-likeness (QED) is 0.144. The van der Waals surface area contributed by atoms with Crippen LogP contribution in [0.2, 0.25) is 0 Å². The van der Waals surface area contributed by atoms with Gasteiger partial charge >= 0.3 is 0 Å². The first-order chi connectivity index (χ1) is 60.5. The SMILES string of the molecule is CC(C)(C)c1c(-c2ccccc2)cncc1-c1ccccc1.CC(C)(C)c1cc(-c2ccccc2)nc(-c2ccccc2)c1.CC(C)(C)c1cc(-n2c3ccccc3c3ccccc32)nc(-n2c3ccccc3c3ccccc32)c1.CC(C)(C)c1ccccc1-c1ccccc1-n1c2ccccc2c2ccccc21.[2H]C([2H])([2H])c1cc(C(C)(C)C)cc(C([2H])([2H])C)n1. The molecule has 7 aromatic heterocycles. The Labute approximate surface area is 729 Å². The average molecular weight is 1600 g/mol. The maximum absolute atomic E-state index is 7.70. The number of aromatic nitrogens is 7. The smallest absolute Gasteiger partial charge is 0.140 e. The van der Waals surface area contributed by atoms with Crippen LogP contribution in [-0.2, 0) is 33.4 Å². The summed E-state index contributed by atoms with van der Waals surface area (Å²) < 4.78 is 44.7. The fourth-order valence-electron chi connectivity index (χ4n) is 16.5. The number of benzene rings is 12. The number of aryl methyl sites for hydroxylation is 2. The zero-order chi connectivity index (χ0) is 90.0. The Morgan fingerprint density at radius 2 is 0.598 bits per heavy atom. The predicted molar refractivity (Wildman–Crippen MR) is 521 cm³/mol. The number of pyridine rings is 4. The third kappa shape index (κ3) is 18.1. The zero-order valence-corrected chi connectivity index (χ0v) is 73.3. The van der Waals surface area contributed by atoms with Gasteiger partial charge in [-0.25, -0.2) is 9.97 Å². The van der Waals surface area contributed by atoms with E-state index in [0.717, 1.165) is 39.7 Å². The second kappa shape index (κ2) is 35.1. The van der Waals surface area contributed by atoms with Crippen molar-refractivity contribution in [3.05, 3.63) is 403 Å². The summed E-state index contributed by atoms with van der Waals surface area (Å²) in [5.74, 6) is 1.88. The lowest BCUT2D eigenvalue weighted by atomic mass is 9.78. The topological polar surface area (TPSA) is 66.3 Å². The molecule has 0 aliphatic rings. The fraction of sp³-hybridized carbons (Fsp3) is 0.200. The number of hydrogen-bond acceptors (Lipinski definition) is 4. The highest BCUT2D eigenvalue weighted by Crippen LogP contribution is 2.44. The van der Waals surface area contributed by atoms with Crippen molar-refractivity contribution in [2.75, 3.05) is 0 Å². The molecule has 0 spiro atoms. The van der Waals surface area contributed by atoms with Gasteiger partial charge in [-0.15, -0.1) is 0 Å². The average Bonchev–Trinajstić information content (AvgIpc) is 1.59. The molecule has 0 unspecified atom stereocenters. The molecule has 0 N–H and O–H groups in total. The molecule has 7 nitrogen and oxygen atoms in total. The van der Waals surface area contributed by atoms with Gasteiger partial charge in [0.05, 0.1) is 50.2 Å². The standard InChI is InChI=1S/C33H27N3.C28H25N.2C21H21N.C12H19N/c1-33(2,3)22-20-31(35-27-16-8-4-12-23(27)24-13-5-9-17-28(24)35)34-32(21-22)36-29-18-10-6-14-25(29)26-15-7-11-19-30(26)36;1-28(2,3)24-16-8-4-12-20(24)21-13-5-9-17-25(21)29-26-18-10-6-14-22(26)23-15-7-11-19-27(23)29;1-21(2,3)20-18(16-10-6-4-7-11-16)14-22-15-19(20)17-12-8-5-9-13-17;1-21(2,3)18-14-19(16-10-6-4-7-11-16)22-20(15-18)17-12-8-5-9-13-17;1-6-11-8-10(12(3,4)5)7-9(2)13-11/h4-21H,1-3H3;4-19H,1-3H3;2*4-15H,1-3H3;7-8H,6H2,1-5H3/i;;;;2D3,6D2. The summed E-state index contributed by atoms with van der Waals surface area (Å²) in [6.07, 6.45) is 2.33. The van der Waals surface area contributed by atoms with Gasteiger partial charge in [-0.05, 0) is 164 Å². The van der Waals surface area contributed by atoms with Crippen LogP contribution >= 0.6 is 0 Å². The number of hydrogen-bond donors (Lipinski definition) is 0. The number of nitrogens with zero attached hydrogens (tertiary/aromatic N) is 7. The molecule has 0 aliphatic carbocycles. The molecule has 0 amide bonds. The van der Waals surface area contributed by atoms with E-state index in [4.69, 9.17) is 16.8 Å². The van der Waals surface area contributed by atoms with Crippen LogP contribution in [0.4, 0.5) is 0 Å². The molecule has 0 saturated heterocycles. The lowest BCUT2D eigenvalue weighted by Crippen LogP contribution is -2.15. The minimum atomic E-state index is -2.32. The van der Waals surface area contributed by atoms with Crippen molar-refractivity contribution in [1.29, 1.82) is 0 Å². The number of para-hydroxylation sites is 7. The largest absolute Gasteiger partial charge is 0.309 e. The van der Waals surface area contributed by atoms with Crippen molar-refractivity contribution < 1.29 is 6.85 Å². The molecule has 12 aromatic carbocycles. The highest BCUT2D eigenvalue weighted by atomic mass is 15.1. The molecule has 0 saturated carbocycles. The number of fused-ring (bicyclic) bond motifs is 9. The Balaban J connectivity index is 0.000000125. The summed E-state index contributed by atoms with van der Waals surface area (Å²) >= 11 is 0. The minimum absolute atomic E-state index is 0.0377. The lowest BCUT2D eigenvalue weighted by Gasteiger charge is -2.26. The summed E-state index contributed by atoms with van der Waals surface area (Å²) in [6, 6.07) is 123. The fourth-order valence-corrected chi connectivity index (χ4v) is 16.5. The van der Waals surface area contributed by atoms with Crippen LogP contribution in [0.25, 0.3) is 139 Å². The van der Waals surface area contributed by atoms with Gasteiger partial charge in [-0.2, -0.15) is 0 Å². The predicted octanol–water partition coefficient (Wildman–Crippen LogP) is 31.0. The second-order valence-electron chi connectivity index (χ2n) is 36.6. The van der Waals surface area contributed by atoms with Crippen LogP contribution in [0.3, 0.4) is 0 Å². The Kier molecular flexibility index (Phi) is 22.3. The maximum atomic E-state index is 7.70. The Bertz CT molecular complexity index is 6620. The van der Waals surface area contributed by atoms with Crippen molar-refractivity contribution in [1.82, 2.24) is 33.6 Å². The zero-order valence-electron chi connectivity index (χ0n) is 78.3. The van der Waals surface area contributed by atoms with Crippen LogP contribution in [0.15, 0.2) is 364 Å². The van der Waals surface area contributed by atoms with Gasteiger partial charge in [0, 0.05) is 90.8 Å². The molecule has 0 atom stereocenters. The molecule has 7 heteroatoms. The lowest BCUT2D eigenvalue weighted by molar-refractivity contribution is 0.587. The summed E-state index contributed by atoms with van der Waals surface area (Å²) in [5, 5.41) is 7.57. The van der Waals surface area contributed by atoms with Crippen LogP contribution in [0, 0.1) is 6.85 Å². The van der Waals surface area contributed by atoms with E-state index in [1.807, 2.05) is 45.3 Å². The Hall–Kier alpha value is -13.4. The van der Waals surface area contributed by atoms with Crippen LogP contribution in [0.1, 0.15) is 157 Å². The molecular weight excluding hydrogens is 1480 g/mol. The molecule has 7 heterocycles. The molecule has 0 radical (unpaired) electrons. The molecule has 0 fully saturated rings. The van der Waals surface area contributed by atoms with E-state index in [1.165, 1.54) is 134 Å². The molecule has 122 heavy (non-hydrogen) atoms. The third-order valence-electron chi connectivity index (χ3n) is 22.7. The second-order valence-corrected chi connectivity index (χ2v) is 36.6. The highest BCUT2D eigenvalue weighted by molar-refractivity contribution is 6.11. The highest BCUT2D eigenvalue weighted by Gasteiger charge is 2.27. The molecule has 19 rings (SSSR count). The van der Waals surface area contributed by atoms with Gasteiger partial charge in [0.2, 0.25) is 0 Å². The van der Waals surface area contributed by atoms with Gasteiger partial charge in [0.25, 0.3) is 0 Å². The van der Waals surface area contributed by atoms with Crippen molar-refractivity contribution in [2.45, 2.75) is 151 Å². The van der Waals surface area contributed by atoms with E-state index in [1.54, 1.807) is 12.1 Å². The normalized spacial score (nSPS) is 12.7. The van der Waals surface area contributed by atoms with Gasteiger partial charge in [-0.1, -0.05) is 384 Å². The first-order valence-corrected chi connectivity index (χ1v) is 42.4. The van der Waals surface area contributed by atoms with Gasteiger partial charge < -0.3 is 4.57 Å². The monoisotopic (exact) mass is 1600 g/mol. The van der Waals surface area contributed by atoms with Crippen molar-refractivity contribution in [3.63, 3.8) is 0 Å². The summed E-state index contributed by atoms with van der Waals surface area (Å²) in [7, 11) is 0. The van der Waals surface area contributed by atoms with E-state index in [-0.39, 0.29) is 38.5 Å². The van der Waals surface area contributed by atoms with E-state index in [0.29, 0.717) is 0 Å². The van der Waals surface area contributed by atoms with Crippen LogP contribution in [-0.4, -0.2) is 33.6 Å². The molecule has 19 aromatic rings. The first kappa shape index (κ1) is 77.3. The molecule has 0 bridgehead atoms. The Morgan fingerprint density at radius 1 is 0.279 bits per heavy atom. The van der Waals surface area contributed by atoms with Gasteiger partial charge in [-0.3, -0.25) is 19.1 Å². The third-order valence-corrected chi connectivity index (χ3v) is 22.7. The van der Waals surface area contributed by atoms with E-state index >= 15 is 0 Å². The summed E-state index contributed by atoms with van der Waals surface area (Å²) in [5.41, 5.74) is 26.3. The van der Waals surface area contributed by atoms with Crippen molar-refractivity contribution in [2.24, 2.45) is 0 Å². The van der Waals surface area contributed by atoms with E-state index in [9.17, 15) is 0 Å². The van der Waals surface area contributed by atoms with Crippen molar-refractivity contribution >= 4 is 65.4 Å². The van der Waals surface area contributed by atoms with Crippen LogP contribution in [0.5, 0.6) is 0 Å². The van der Waals surface area contributed by atoms with Crippen molar-refractivity contribution in [3.8, 4) is 73.2 Å². The maximum Gasteiger partial charge on any atom is 0.140 e. The molecule has 0 aliphatic heterocycles. The molecule has 608 valence electrons. The summed E-state index contributed by atoms with van der Waals surface area (Å²) in [4.78, 5) is 18.7. The first-order valence-electron chi connectivity index (χ1n) is 44.9. The summed E-state index contributed by atoms with van der Waals surface area (Å²) in [6.45, 7) is 32.1. The van der Waals surface area contributed by atoms with Gasteiger partial charge in [0.1, 0.15) is 11.6 Å². The number of rotatable bonds is 9. The molecular formula is C115H113N7. The van der Waals surface area contributed by atoms with E-state index in [2.05, 4.69) is 434 Å². The minimum Gasteiger partial charge on any atom is -0.309 e. The van der Waals surface area contributed by atoms with Gasteiger partial charge in [0.15, 0.2) is 0 Å².